The second kappa shape index (κ2) is 19.3. The van der Waals surface area contributed by atoms with Gasteiger partial charge >= 0.3 is 0 Å². The van der Waals surface area contributed by atoms with E-state index in [9.17, 15) is 67.3 Å². The Labute approximate surface area is 309 Å². The highest BCUT2D eigenvalue weighted by atomic mass is 32.3. The summed E-state index contributed by atoms with van der Waals surface area (Å²) in [5, 5.41) is 0. The van der Waals surface area contributed by atoms with Gasteiger partial charge in [0.15, 0.2) is 0 Å². The third kappa shape index (κ3) is 22.5. The molecule has 0 aromatic rings. The van der Waals surface area contributed by atoms with Gasteiger partial charge in [-0.1, -0.05) is 0 Å². The average molecular weight is 929 g/mol. The van der Waals surface area contributed by atoms with E-state index in [2.05, 4.69) is 33.2 Å². The predicted octanol–water partition coefficient (Wildman–Crippen LogP) is -3.19. The first kappa shape index (κ1) is 57.8. The minimum atomic E-state index is -4.38. The van der Waals surface area contributed by atoms with Crippen molar-refractivity contribution in [2.75, 3.05) is 113 Å². The Kier molecular flexibility index (Phi) is 21.5. The van der Waals surface area contributed by atoms with Gasteiger partial charge in [-0.3, -0.25) is 16.7 Å². The van der Waals surface area contributed by atoms with Gasteiger partial charge in [-0.15, -0.1) is 0 Å². The summed E-state index contributed by atoms with van der Waals surface area (Å²) in [5.41, 5.74) is 0. The summed E-state index contributed by atoms with van der Waals surface area (Å²) in [5.74, 6) is 0. The van der Waals surface area contributed by atoms with Crippen molar-refractivity contribution in [2.45, 2.75) is 0 Å². The number of hydrogen-bond donors (Lipinski definition) is 0. The molecule has 0 N–H and O–H groups in total. The van der Waals surface area contributed by atoms with Gasteiger partial charge in [0.25, 0.3) is 0 Å². The summed E-state index contributed by atoms with van der Waals surface area (Å²) in [6.07, 6.45) is 0. The van der Waals surface area contributed by atoms with E-state index < -0.39 is 97.6 Å². The molecule has 28 nitrogen and oxygen atoms in total. The lowest BCUT2D eigenvalue weighted by molar-refractivity contribution is -0.741. The van der Waals surface area contributed by atoms with Gasteiger partial charge in [-0.25, -0.2) is 49.2 Å². The summed E-state index contributed by atoms with van der Waals surface area (Å²) in [6.45, 7) is 0. The lowest BCUT2D eigenvalue weighted by Gasteiger charge is -2.35. The summed E-state index contributed by atoms with van der Waals surface area (Å²) < 4.78 is 198. The molecule has 0 unspecified atom stereocenters. The second-order valence-corrected chi connectivity index (χ2v) is 27.1. The normalized spacial score (nSPS) is 14.5. The van der Waals surface area contributed by atoms with Crippen LogP contribution in [0.5, 0.6) is 0 Å². The Bertz CT molecular complexity index is 1760. The fourth-order valence-electron chi connectivity index (χ4n) is 0.983. The van der Waals surface area contributed by atoms with Crippen molar-refractivity contribution in [1.82, 2.24) is 0 Å². The molecule has 0 atom stereocenters. The third-order valence-electron chi connectivity index (χ3n) is 4.35. The Morgan fingerprint density at radius 1 is 0.269 bits per heavy atom. The highest BCUT2D eigenvalue weighted by Gasteiger charge is 2.30. The van der Waals surface area contributed by atoms with E-state index in [1.807, 2.05) is 0 Å². The number of hydrogen-bond acceptors (Lipinski definition) is 20. The zero-order valence-corrected chi connectivity index (χ0v) is 37.5. The minimum absolute atomic E-state index is 0.563. The molecule has 0 aliphatic rings. The molecule has 0 saturated carbocycles. The molecule has 0 rings (SSSR count). The van der Waals surface area contributed by atoms with Gasteiger partial charge in [0, 0.05) is 0 Å². The maximum Gasteiger partial charge on any atom is 0.238 e. The van der Waals surface area contributed by atoms with Crippen LogP contribution in [-0.2, 0) is 98.8 Å². The molecule has 0 amide bonds. The lowest BCUT2D eigenvalue weighted by atomic mass is 11.0. The smallest absolute Gasteiger partial charge is 0.238 e. The summed E-state index contributed by atoms with van der Waals surface area (Å²) >= 11 is 0. The van der Waals surface area contributed by atoms with Crippen LogP contribution >= 0.6 is 0 Å². The quantitative estimate of drug-likeness (QED) is 0.138. The van der Waals surface area contributed by atoms with Crippen molar-refractivity contribution in [3.63, 3.8) is 0 Å². The van der Waals surface area contributed by atoms with Crippen LogP contribution in [-0.4, -0.2) is 196 Å². The molecule has 52 heavy (non-hydrogen) atoms. The average Bonchev–Trinajstić information content (AvgIpc) is 2.85. The Hall–Kier alpha value is -0.880. The molecular weight excluding hydrogens is 881 g/mol. The number of nitrogens with zero attached hydrogens (tertiary/aromatic N) is 8. The molecule has 0 aromatic carbocycles. The topological polar surface area (TPSA) is 366 Å². The van der Waals surface area contributed by atoms with Gasteiger partial charge < -0.3 is 16.5 Å². The molecule has 36 heteroatoms. The first-order chi connectivity index (χ1) is 22.1. The fourth-order valence-corrected chi connectivity index (χ4v) is 8.85. The highest BCUT2D eigenvalue weighted by Crippen LogP contribution is 2.23. The molecule has 320 valence electrons. The van der Waals surface area contributed by atoms with Crippen molar-refractivity contribution < 1.29 is 99.6 Å². The van der Waals surface area contributed by atoms with Crippen LogP contribution in [0.25, 0.3) is 16.5 Å². The highest BCUT2D eigenvalue weighted by molar-refractivity contribution is 8.09. The van der Waals surface area contributed by atoms with Crippen molar-refractivity contribution in [1.29, 1.82) is 0 Å². The van der Waals surface area contributed by atoms with Crippen molar-refractivity contribution >= 4 is 82.1 Å². The molecule has 0 radical (unpaired) electrons. The van der Waals surface area contributed by atoms with E-state index in [0.29, 0.717) is 0 Å². The van der Waals surface area contributed by atoms with Crippen molar-refractivity contribution in [3.05, 3.63) is 16.5 Å². The zero-order valence-electron chi connectivity index (χ0n) is 31.0. The van der Waals surface area contributed by atoms with Crippen LogP contribution in [0.1, 0.15) is 0 Å². The zero-order chi connectivity index (χ0) is 43.7. The lowest BCUT2D eigenvalue weighted by Crippen LogP contribution is -2.46. The van der Waals surface area contributed by atoms with Crippen molar-refractivity contribution in [3.8, 4) is 0 Å². The van der Waals surface area contributed by atoms with Crippen LogP contribution in [0.15, 0.2) is 0 Å². The van der Waals surface area contributed by atoms with Crippen LogP contribution in [0.4, 0.5) is 0 Å². The predicted molar refractivity (Wildman–Crippen MR) is 185 cm³/mol. The van der Waals surface area contributed by atoms with E-state index in [0.717, 1.165) is 28.4 Å². The largest absolute Gasteiger partial charge is 0.387 e. The molecule has 0 spiro atoms. The van der Waals surface area contributed by atoms with Gasteiger partial charge in [-0.05, 0) is 0 Å². The van der Waals surface area contributed by atoms with Gasteiger partial charge in [0.2, 0.25) is 82.1 Å². The van der Waals surface area contributed by atoms with E-state index in [-0.39, 0.29) is 0 Å². The molecule has 0 bridgehead atoms. The molecule has 0 heterocycles. The van der Waals surface area contributed by atoms with Crippen LogP contribution in [0.3, 0.4) is 0 Å². The molecule has 0 aliphatic carbocycles. The molecule has 0 fully saturated rings. The standard InChI is InChI=1S/2C6H18N3O4S2.2C2H6NO6S2/c2*1-8(2,3)14(10,11)7-15(12,13)9(4,5)6;2*1-8-10(4,5)3-11(6,7)9-2/h2*1-6H3;2*1-2H3/q2*+1;2*-1. The maximum atomic E-state index is 11.5. The van der Waals surface area contributed by atoms with Crippen molar-refractivity contribution in [2.24, 2.45) is 0 Å². The summed E-state index contributed by atoms with van der Waals surface area (Å²) in [7, 11) is -14.7. The molecular formula is C16H48N8O20S8. The molecule has 0 aliphatic heterocycles. The first-order valence-corrected chi connectivity index (χ1v) is 23.6. The minimum Gasteiger partial charge on any atom is -0.387 e. The van der Waals surface area contributed by atoms with Crippen LogP contribution in [0.2, 0.25) is 0 Å². The Balaban J connectivity index is -0.000000299. The summed E-state index contributed by atoms with van der Waals surface area (Å²) in [4.78, 5) is 0. The molecule has 0 aromatic heterocycles. The second-order valence-electron chi connectivity index (χ2n) is 12.0. The molecule has 0 saturated heterocycles. The van der Waals surface area contributed by atoms with Gasteiger partial charge in [-0.2, -0.15) is 33.7 Å². The first-order valence-electron chi connectivity index (χ1n) is 12.5. The van der Waals surface area contributed by atoms with Crippen LogP contribution < -0.4 is 0 Å². The Morgan fingerprint density at radius 3 is 0.462 bits per heavy atom. The van der Waals surface area contributed by atoms with Gasteiger partial charge in [0.05, 0.1) is 113 Å². The maximum absolute atomic E-state index is 11.5. The van der Waals surface area contributed by atoms with Crippen LogP contribution in [0, 0.1) is 0 Å². The monoisotopic (exact) mass is 928 g/mol. The summed E-state index contributed by atoms with van der Waals surface area (Å²) in [6, 6.07) is 0. The fraction of sp³-hybridized carbons (Fsp3) is 1.00. The third-order valence-corrected chi connectivity index (χ3v) is 17.5. The van der Waals surface area contributed by atoms with E-state index in [1.54, 1.807) is 0 Å². The van der Waals surface area contributed by atoms with E-state index in [4.69, 9.17) is 0 Å². The van der Waals surface area contributed by atoms with E-state index >= 15 is 0 Å². The number of quaternary nitrogens is 4. The van der Waals surface area contributed by atoms with E-state index in [1.165, 1.54) is 84.6 Å². The number of rotatable bonds is 16. The van der Waals surface area contributed by atoms with Gasteiger partial charge in [0.1, 0.15) is 0 Å². The Morgan fingerprint density at radius 2 is 0.385 bits per heavy atom. The SMILES string of the molecule is COS(=O)(=O)[N-]S(=O)(=O)OC.COS(=O)(=O)[N-]S(=O)(=O)OC.C[N+](C)(C)S(=O)(=O)[N-]S(=O)(=O)[N+](C)(C)C.C[N+](C)(C)S(=O)(=O)[N-]S(=O)(=O)[N+](C)(C)C.